The fraction of sp³-hybridized carbons (Fsp3) is 0.438. The number of esters is 1. The van der Waals surface area contributed by atoms with E-state index >= 15 is 0 Å². The van der Waals surface area contributed by atoms with Crippen molar-refractivity contribution >= 4 is 40.9 Å². The molecule has 2 aliphatic rings. The van der Waals surface area contributed by atoms with E-state index in [0.29, 0.717) is 15.1 Å². The minimum absolute atomic E-state index is 0.142. The molecule has 2 N–H and O–H groups in total. The largest absolute Gasteiger partial charge is 0.418 e. The minimum Gasteiger partial charge on any atom is -0.418 e. The second-order valence-electron chi connectivity index (χ2n) is 6.22. The van der Waals surface area contributed by atoms with E-state index in [-0.39, 0.29) is 17.6 Å². The molecule has 1 atom stereocenters. The summed E-state index contributed by atoms with van der Waals surface area (Å²) in [5.74, 6) is -0.238. The number of ether oxygens (including phenoxy) is 1. The molecule has 2 heterocycles. The number of piperidine rings is 1. The number of cyclic esters (lactones) is 1. The summed E-state index contributed by atoms with van der Waals surface area (Å²) in [5, 5.41) is 1.68. The van der Waals surface area contributed by atoms with Gasteiger partial charge in [-0.05, 0) is 44.0 Å². The molecular formula is C16H18Cl2N2O2S. The van der Waals surface area contributed by atoms with Crippen molar-refractivity contribution in [2.45, 2.75) is 36.2 Å². The normalized spacial score (nSPS) is 24.4. The summed E-state index contributed by atoms with van der Waals surface area (Å²) in [6.07, 6.45) is 3.60. The SMILES string of the molecule is CC1(N)CCN(C2C=C(Sc3ccc(Cl)cc3Cl)OC2=O)CC1. The number of hydrogen-bond acceptors (Lipinski definition) is 5. The standard InChI is InChI=1S/C16H18Cl2N2O2S/c1-16(19)4-6-20(7-5-16)12-9-14(22-15(12)21)23-13-3-2-10(17)8-11(13)18/h2-3,8-9,12H,4-7,19H2,1H3. The molecule has 1 fully saturated rings. The maximum atomic E-state index is 12.2. The molecule has 2 aliphatic heterocycles. The highest BCUT2D eigenvalue weighted by molar-refractivity contribution is 8.03. The molecular weight excluding hydrogens is 355 g/mol. The predicted molar refractivity (Wildman–Crippen MR) is 93.7 cm³/mol. The third-order valence-corrected chi connectivity index (χ3v) is 5.83. The average Bonchev–Trinajstić information content (AvgIpc) is 2.83. The van der Waals surface area contributed by atoms with Crippen molar-refractivity contribution in [3.05, 3.63) is 39.4 Å². The lowest BCUT2D eigenvalue weighted by Gasteiger charge is -2.37. The van der Waals surface area contributed by atoms with Crippen LogP contribution < -0.4 is 5.73 Å². The van der Waals surface area contributed by atoms with Crippen LogP contribution in [0.2, 0.25) is 10.0 Å². The summed E-state index contributed by atoms with van der Waals surface area (Å²) in [4.78, 5) is 15.1. The van der Waals surface area contributed by atoms with E-state index in [1.54, 1.807) is 12.1 Å². The van der Waals surface area contributed by atoms with Crippen LogP contribution in [0, 0.1) is 0 Å². The van der Waals surface area contributed by atoms with Gasteiger partial charge in [0.1, 0.15) is 6.04 Å². The molecule has 0 spiro atoms. The quantitative estimate of drug-likeness (QED) is 0.820. The van der Waals surface area contributed by atoms with E-state index in [1.165, 1.54) is 11.8 Å². The van der Waals surface area contributed by atoms with Gasteiger partial charge in [0, 0.05) is 28.5 Å². The summed E-state index contributed by atoms with van der Waals surface area (Å²) in [5.41, 5.74) is 6.00. The van der Waals surface area contributed by atoms with Gasteiger partial charge in [0.15, 0.2) is 5.09 Å². The molecule has 1 saturated heterocycles. The molecule has 3 rings (SSSR count). The number of nitrogens with zero attached hydrogens (tertiary/aromatic N) is 1. The first-order valence-corrected chi connectivity index (χ1v) is 9.01. The Bertz CT molecular complexity index is 653. The lowest BCUT2D eigenvalue weighted by molar-refractivity contribution is -0.140. The second kappa shape index (κ2) is 6.65. The lowest BCUT2D eigenvalue weighted by atomic mass is 9.90. The molecule has 23 heavy (non-hydrogen) atoms. The predicted octanol–water partition coefficient (Wildman–Crippen LogP) is 3.67. The van der Waals surface area contributed by atoms with Crippen molar-refractivity contribution in [3.8, 4) is 0 Å². The summed E-state index contributed by atoms with van der Waals surface area (Å²) in [6, 6.07) is 4.92. The average molecular weight is 373 g/mol. The first-order valence-electron chi connectivity index (χ1n) is 7.43. The molecule has 0 radical (unpaired) electrons. The fourth-order valence-corrected chi connectivity index (χ4v) is 4.03. The molecule has 0 amide bonds. The molecule has 124 valence electrons. The van der Waals surface area contributed by atoms with Gasteiger partial charge in [-0.3, -0.25) is 4.90 Å². The Kier molecular flexibility index (Phi) is 4.95. The van der Waals surface area contributed by atoms with Gasteiger partial charge >= 0.3 is 5.97 Å². The Morgan fingerprint density at radius 3 is 2.70 bits per heavy atom. The zero-order chi connectivity index (χ0) is 16.6. The number of hydrogen-bond donors (Lipinski definition) is 1. The monoisotopic (exact) mass is 372 g/mol. The third kappa shape index (κ3) is 4.03. The van der Waals surface area contributed by atoms with Gasteiger partial charge in [-0.2, -0.15) is 0 Å². The van der Waals surface area contributed by atoms with Crippen LogP contribution in [0.1, 0.15) is 19.8 Å². The van der Waals surface area contributed by atoms with Crippen molar-refractivity contribution in [2.24, 2.45) is 5.73 Å². The van der Waals surface area contributed by atoms with E-state index in [0.717, 1.165) is 30.8 Å². The Morgan fingerprint density at radius 1 is 1.35 bits per heavy atom. The van der Waals surface area contributed by atoms with Crippen LogP contribution in [0.25, 0.3) is 0 Å². The maximum Gasteiger partial charge on any atom is 0.333 e. The van der Waals surface area contributed by atoms with Crippen LogP contribution in [0.15, 0.2) is 34.3 Å². The van der Waals surface area contributed by atoms with Gasteiger partial charge in [-0.15, -0.1) is 0 Å². The number of rotatable bonds is 3. The molecule has 0 aliphatic carbocycles. The van der Waals surface area contributed by atoms with Crippen LogP contribution in [0.5, 0.6) is 0 Å². The van der Waals surface area contributed by atoms with Crippen LogP contribution in [-0.2, 0) is 9.53 Å². The van der Waals surface area contributed by atoms with Gasteiger partial charge in [0.25, 0.3) is 0 Å². The summed E-state index contributed by atoms with van der Waals surface area (Å²) in [7, 11) is 0. The van der Waals surface area contributed by atoms with Gasteiger partial charge in [0.05, 0.1) is 5.02 Å². The number of halogens is 2. The van der Waals surface area contributed by atoms with Gasteiger partial charge in [-0.25, -0.2) is 4.79 Å². The Balaban J connectivity index is 1.69. The van der Waals surface area contributed by atoms with Crippen LogP contribution >= 0.6 is 35.0 Å². The van der Waals surface area contributed by atoms with Crippen molar-refractivity contribution in [3.63, 3.8) is 0 Å². The molecule has 1 aromatic carbocycles. The highest BCUT2D eigenvalue weighted by Gasteiger charge is 2.37. The number of carbonyl (C=O) groups excluding carboxylic acids is 1. The maximum absolute atomic E-state index is 12.2. The highest BCUT2D eigenvalue weighted by atomic mass is 35.5. The zero-order valence-corrected chi connectivity index (χ0v) is 15.0. The Hall–Kier alpha value is -0.720. The number of likely N-dealkylation sites (tertiary alicyclic amines) is 1. The second-order valence-corrected chi connectivity index (χ2v) is 8.11. The number of carbonyl (C=O) groups is 1. The summed E-state index contributed by atoms with van der Waals surface area (Å²) < 4.78 is 5.39. The summed E-state index contributed by atoms with van der Waals surface area (Å²) >= 11 is 13.4. The Labute approximate surface area is 149 Å². The highest BCUT2D eigenvalue weighted by Crippen LogP contribution is 2.38. The van der Waals surface area contributed by atoms with E-state index in [2.05, 4.69) is 11.8 Å². The van der Waals surface area contributed by atoms with Crippen molar-refractivity contribution in [1.82, 2.24) is 4.90 Å². The first-order chi connectivity index (χ1) is 10.8. The van der Waals surface area contributed by atoms with Crippen LogP contribution in [0.3, 0.4) is 0 Å². The number of thioether (sulfide) groups is 1. The van der Waals surface area contributed by atoms with Crippen molar-refractivity contribution in [1.29, 1.82) is 0 Å². The van der Waals surface area contributed by atoms with Crippen LogP contribution in [0.4, 0.5) is 0 Å². The fourth-order valence-electron chi connectivity index (χ4n) is 2.68. The van der Waals surface area contributed by atoms with E-state index in [4.69, 9.17) is 33.7 Å². The topological polar surface area (TPSA) is 55.6 Å². The van der Waals surface area contributed by atoms with Crippen molar-refractivity contribution < 1.29 is 9.53 Å². The molecule has 4 nitrogen and oxygen atoms in total. The molecule has 7 heteroatoms. The summed E-state index contributed by atoms with van der Waals surface area (Å²) in [6.45, 7) is 3.64. The molecule has 0 aromatic heterocycles. The van der Waals surface area contributed by atoms with Crippen molar-refractivity contribution in [2.75, 3.05) is 13.1 Å². The van der Waals surface area contributed by atoms with E-state index in [9.17, 15) is 4.79 Å². The smallest absolute Gasteiger partial charge is 0.333 e. The number of nitrogens with two attached hydrogens (primary N) is 1. The zero-order valence-electron chi connectivity index (χ0n) is 12.7. The van der Waals surface area contributed by atoms with Crippen LogP contribution in [-0.4, -0.2) is 35.5 Å². The third-order valence-electron chi connectivity index (χ3n) is 4.17. The van der Waals surface area contributed by atoms with E-state index in [1.807, 2.05) is 12.1 Å². The minimum atomic E-state index is -0.334. The lowest BCUT2D eigenvalue weighted by Crippen LogP contribution is -2.52. The molecule has 1 unspecified atom stereocenters. The van der Waals surface area contributed by atoms with Gasteiger partial charge < -0.3 is 10.5 Å². The molecule has 0 bridgehead atoms. The van der Waals surface area contributed by atoms with Gasteiger partial charge in [0.2, 0.25) is 0 Å². The van der Waals surface area contributed by atoms with E-state index < -0.39 is 0 Å². The first kappa shape index (κ1) is 17.1. The number of benzene rings is 1. The Morgan fingerprint density at radius 2 is 2.04 bits per heavy atom. The van der Waals surface area contributed by atoms with Gasteiger partial charge in [-0.1, -0.05) is 35.0 Å². The molecule has 0 saturated carbocycles. The molecule has 1 aromatic rings.